The molecule has 0 bridgehead atoms. The minimum atomic E-state index is -3.49. The molecule has 11 heavy (non-hydrogen) atoms. The highest BCUT2D eigenvalue weighted by Crippen LogP contribution is 2.23. The van der Waals surface area contributed by atoms with E-state index in [-0.39, 0.29) is 4.21 Å². The molecular formula is C6H9NO2S2. The Morgan fingerprint density at radius 3 is 2.18 bits per heavy atom. The van der Waals surface area contributed by atoms with Gasteiger partial charge in [-0.3, -0.25) is 0 Å². The Labute approximate surface area is 69.9 Å². The van der Waals surface area contributed by atoms with Gasteiger partial charge in [-0.25, -0.2) is 13.6 Å². The first-order valence-corrected chi connectivity index (χ1v) is 5.37. The van der Waals surface area contributed by atoms with Crippen LogP contribution in [0.5, 0.6) is 0 Å². The van der Waals surface area contributed by atoms with Gasteiger partial charge in [-0.2, -0.15) is 0 Å². The quantitative estimate of drug-likeness (QED) is 0.720. The fourth-order valence-electron chi connectivity index (χ4n) is 0.679. The molecule has 0 radical (unpaired) electrons. The summed E-state index contributed by atoms with van der Waals surface area (Å²) < 4.78 is 21.8. The second-order valence-corrected chi connectivity index (χ2v) is 5.39. The third kappa shape index (κ3) is 1.79. The number of hydrogen-bond acceptors (Lipinski definition) is 3. The molecule has 1 aromatic heterocycles. The number of primary sulfonamides is 1. The monoisotopic (exact) mass is 191 g/mol. The summed E-state index contributed by atoms with van der Waals surface area (Å²) in [5.41, 5.74) is 0.971. The zero-order valence-electron chi connectivity index (χ0n) is 6.29. The molecule has 0 unspecified atom stereocenters. The van der Waals surface area contributed by atoms with E-state index in [0.717, 1.165) is 10.4 Å². The normalized spacial score (nSPS) is 11.9. The van der Waals surface area contributed by atoms with Crippen molar-refractivity contribution in [2.75, 3.05) is 0 Å². The van der Waals surface area contributed by atoms with E-state index in [2.05, 4.69) is 0 Å². The van der Waals surface area contributed by atoms with Crippen LogP contribution < -0.4 is 5.14 Å². The molecule has 0 saturated heterocycles. The van der Waals surface area contributed by atoms with Gasteiger partial charge < -0.3 is 0 Å². The third-order valence-electron chi connectivity index (χ3n) is 1.42. The summed E-state index contributed by atoms with van der Waals surface area (Å²) in [5, 5.41) is 4.92. The van der Waals surface area contributed by atoms with Crippen LogP contribution in [0.2, 0.25) is 0 Å². The van der Waals surface area contributed by atoms with Gasteiger partial charge in [-0.05, 0) is 25.5 Å². The average Bonchev–Trinajstić information content (AvgIpc) is 2.11. The molecular weight excluding hydrogens is 182 g/mol. The summed E-state index contributed by atoms with van der Waals surface area (Å²) in [6.45, 7) is 3.73. The van der Waals surface area contributed by atoms with Crippen LogP contribution in [0, 0.1) is 13.8 Å². The number of rotatable bonds is 1. The predicted molar refractivity (Wildman–Crippen MR) is 45.2 cm³/mol. The molecule has 0 aliphatic rings. The molecule has 0 fully saturated rings. The predicted octanol–water partition coefficient (Wildman–Crippen LogP) is 1.01. The van der Waals surface area contributed by atoms with E-state index in [1.54, 1.807) is 6.07 Å². The molecule has 3 nitrogen and oxygen atoms in total. The number of sulfonamides is 1. The molecule has 62 valence electrons. The highest BCUT2D eigenvalue weighted by atomic mass is 32.2. The molecule has 1 heterocycles. The van der Waals surface area contributed by atoms with Gasteiger partial charge in [0.1, 0.15) is 4.21 Å². The molecule has 0 saturated carbocycles. The molecule has 0 amide bonds. The van der Waals surface area contributed by atoms with Crippen LogP contribution in [0.3, 0.4) is 0 Å². The van der Waals surface area contributed by atoms with E-state index < -0.39 is 10.0 Å². The molecule has 1 aromatic rings. The fraction of sp³-hybridized carbons (Fsp3) is 0.333. The van der Waals surface area contributed by atoms with Gasteiger partial charge in [0.2, 0.25) is 10.0 Å². The van der Waals surface area contributed by atoms with Gasteiger partial charge in [-0.15, -0.1) is 11.3 Å². The van der Waals surface area contributed by atoms with Crippen molar-refractivity contribution in [3.05, 3.63) is 16.5 Å². The van der Waals surface area contributed by atoms with Crippen molar-refractivity contribution in [3.63, 3.8) is 0 Å². The van der Waals surface area contributed by atoms with Crippen LogP contribution in [-0.2, 0) is 10.0 Å². The van der Waals surface area contributed by atoms with Gasteiger partial charge in [0.25, 0.3) is 0 Å². The van der Waals surface area contributed by atoms with Crippen LogP contribution in [0.1, 0.15) is 10.4 Å². The number of nitrogens with two attached hydrogens (primary N) is 1. The Morgan fingerprint density at radius 2 is 2.00 bits per heavy atom. The lowest BCUT2D eigenvalue weighted by atomic mass is 10.3. The Balaban J connectivity index is 3.29. The van der Waals surface area contributed by atoms with E-state index >= 15 is 0 Å². The molecule has 2 N–H and O–H groups in total. The lowest BCUT2D eigenvalue weighted by Crippen LogP contribution is -2.09. The lowest BCUT2D eigenvalue weighted by molar-refractivity contribution is 0.599. The first-order chi connectivity index (χ1) is 4.91. The minimum Gasteiger partial charge on any atom is -0.224 e. The number of aryl methyl sites for hydroxylation is 2. The number of hydrogen-bond donors (Lipinski definition) is 1. The largest absolute Gasteiger partial charge is 0.247 e. The van der Waals surface area contributed by atoms with E-state index in [1.165, 1.54) is 11.3 Å². The van der Waals surface area contributed by atoms with Crippen LogP contribution in [0.25, 0.3) is 0 Å². The highest BCUT2D eigenvalue weighted by Gasteiger charge is 2.11. The smallest absolute Gasteiger partial charge is 0.224 e. The summed E-state index contributed by atoms with van der Waals surface area (Å²) in [7, 11) is -3.49. The zero-order chi connectivity index (χ0) is 8.65. The molecule has 0 atom stereocenters. The van der Waals surface area contributed by atoms with Gasteiger partial charge in [0.15, 0.2) is 0 Å². The van der Waals surface area contributed by atoms with Crippen LogP contribution in [0.15, 0.2) is 10.3 Å². The Kier molecular flexibility index (Phi) is 2.04. The molecule has 0 spiro atoms. The fourth-order valence-corrected chi connectivity index (χ4v) is 2.62. The van der Waals surface area contributed by atoms with Crippen molar-refractivity contribution < 1.29 is 8.42 Å². The zero-order valence-corrected chi connectivity index (χ0v) is 7.92. The summed E-state index contributed by atoms with van der Waals surface area (Å²) in [5.74, 6) is 0. The van der Waals surface area contributed by atoms with Gasteiger partial charge in [0, 0.05) is 4.88 Å². The molecule has 0 aliphatic heterocycles. The summed E-state index contributed by atoms with van der Waals surface area (Å²) >= 11 is 1.21. The highest BCUT2D eigenvalue weighted by molar-refractivity contribution is 7.91. The van der Waals surface area contributed by atoms with Crippen LogP contribution in [-0.4, -0.2) is 8.42 Å². The maximum absolute atomic E-state index is 10.8. The van der Waals surface area contributed by atoms with Gasteiger partial charge in [-0.1, -0.05) is 0 Å². The lowest BCUT2D eigenvalue weighted by Gasteiger charge is -1.87. The van der Waals surface area contributed by atoms with Crippen molar-refractivity contribution in [1.29, 1.82) is 0 Å². The molecule has 5 heteroatoms. The SMILES string of the molecule is Cc1cc(S(N)(=O)=O)sc1C. The van der Waals surface area contributed by atoms with Crippen LogP contribution >= 0.6 is 11.3 Å². The van der Waals surface area contributed by atoms with E-state index in [4.69, 9.17) is 5.14 Å². The van der Waals surface area contributed by atoms with Crippen molar-refractivity contribution >= 4 is 21.4 Å². The van der Waals surface area contributed by atoms with E-state index in [9.17, 15) is 8.42 Å². The minimum absolute atomic E-state index is 0.243. The first-order valence-electron chi connectivity index (χ1n) is 3.01. The summed E-state index contributed by atoms with van der Waals surface area (Å²) in [4.78, 5) is 0.994. The first kappa shape index (κ1) is 8.70. The number of thiophene rings is 1. The second-order valence-electron chi connectivity index (χ2n) is 2.35. The van der Waals surface area contributed by atoms with Crippen LogP contribution in [0.4, 0.5) is 0 Å². The topological polar surface area (TPSA) is 60.2 Å². The Hall–Kier alpha value is -0.390. The maximum atomic E-state index is 10.8. The van der Waals surface area contributed by atoms with E-state index in [1.807, 2.05) is 13.8 Å². The summed E-state index contributed by atoms with van der Waals surface area (Å²) in [6.07, 6.45) is 0. The Morgan fingerprint density at radius 1 is 1.45 bits per heavy atom. The van der Waals surface area contributed by atoms with E-state index in [0.29, 0.717) is 0 Å². The standard InChI is InChI=1S/C6H9NO2S2/c1-4-3-6(10-5(4)2)11(7,8)9/h3H,1-2H3,(H2,7,8,9). The molecule has 1 rings (SSSR count). The van der Waals surface area contributed by atoms with Gasteiger partial charge >= 0.3 is 0 Å². The second kappa shape index (κ2) is 2.58. The van der Waals surface area contributed by atoms with Crippen molar-refractivity contribution in [2.24, 2.45) is 5.14 Å². The third-order valence-corrected chi connectivity index (χ3v) is 4.00. The van der Waals surface area contributed by atoms with Crippen molar-refractivity contribution in [3.8, 4) is 0 Å². The van der Waals surface area contributed by atoms with Crippen molar-refractivity contribution in [2.45, 2.75) is 18.1 Å². The van der Waals surface area contributed by atoms with Gasteiger partial charge in [0.05, 0.1) is 0 Å². The Bertz CT molecular complexity index is 344. The maximum Gasteiger partial charge on any atom is 0.247 e. The van der Waals surface area contributed by atoms with Crippen molar-refractivity contribution in [1.82, 2.24) is 0 Å². The average molecular weight is 191 g/mol. The summed E-state index contributed by atoms with van der Waals surface area (Å²) in [6, 6.07) is 1.59. The molecule has 0 aromatic carbocycles. The molecule has 0 aliphatic carbocycles.